The molecule has 0 bridgehead atoms. The summed E-state index contributed by atoms with van der Waals surface area (Å²) in [6, 6.07) is -0.276. The first-order chi connectivity index (χ1) is 8.74. The van der Waals surface area contributed by atoms with Gasteiger partial charge in [-0.3, -0.25) is 15.1 Å². The molecule has 1 saturated heterocycles. The van der Waals surface area contributed by atoms with Crippen LogP contribution in [0.5, 0.6) is 0 Å². The highest BCUT2D eigenvalue weighted by molar-refractivity contribution is 7.15. The Morgan fingerprint density at radius 2 is 2.50 bits per heavy atom. The van der Waals surface area contributed by atoms with Gasteiger partial charge in [-0.15, -0.1) is 10.2 Å². The van der Waals surface area contributed by atoms with E-state index >= 15 is 0 Å². The largest absolute Gasteiger partial charge is 0.378 e. The zero-order valence-electron chi connectivity index (χ0n) is 10.0. The molecule has 1 aliphatic heterocycles. The van der Waals surface area contributed by atoms with E-state index in [-0.39, 0.29) is 11.9 Å². The van der Waals surface area contributed by atoms with Crippen molar-refractivity contribution in [3.05, 3.63) is 5.01 Å². The average Bonchev–Trinajstić information content (AvgIpc) is 2.86. The molecule has 0 spiro atoms. The van der Waals surface area contributed by atoms with E-state index in [2.05, 4.69) is 20.9 Å². The van der Waals surface area contributed by atoms with Crippen molar-refractivity contribution in [1.29, 1.82) is 0 Å². The highest BCUT2D eigenvalue weighted by Gasteiger charge is 2.29. The smallest absolute Gasteiger partial charge is 0.239 e. The maximum Gasteiger partial charge on any atom is 0.239 e. The minimum atomic E-state index is -0.276. The van der Waals surface area contributed by atoms with E-state index in [9.17, 15) is 4.79 Å². The lowest BCUT2D eigenvalue weighted by molar-refractivity contribution is -0.132. The minimum Gasteiger partial charge on any atom is -0.378 e. The second kappa shape index (κ2) is 6.05. The van der Waals surface area contributed by atoms with Crippen LogP contribution in [-0.2, 0) is 16.1 Å². The Hall–Kier alpha value is -1.29. The molecule has 18 heavy (non-hydrogen) atoms. The number of hydrogen-bond donors (Lipinski definition) is 3. The van der Waals surface area contributed by atoms with Crippen LogP contribution in [0.2, 0.25) is 0 Å². The van der Waals surface area contributed by atoms with E-state index in [4.69, 9.17) is 10.6 Å². The Balaban J connectivity index is 2.02. The quantitative estimate of drug-likeness (QED) is 0.465. The number of amides is 1. The lowest BCUT2D eigenvalue weighted by atomic mass is 10.2. The van der Waals surface area contributed by atoms with Crippen molar-refractivity contribution in [3.63, 3.8) is 0 Å². The van der Waals surface area contributed by atoms with Crippen molar-refractivity contribution in [2.75, 3.05) is 32.2 Å². The number of nitrogens with two attached hydrogens (primary N) is 1. The fourth-order valence-electron chi connectivity index (χ4n) is 1.78. The van der Waals surface area contributed by atoms with Gasteiger partial charge in [0, 0.05) is 13.6 Å². The predicted octanol–water partition coefficient (Wildman–Crippen LogP) is -1.23. The molecule has 0 aromatic carbocycles. The summed E-state index contributed by atoms with van der Waals surface area (Å²) in [5, 5.41) is 11.9. The maximum atomic E-state index is 11.7. The monoisotopic (exact) mass is 272 g/mol. The van der Waals surface area contributed by atoms with Crippen molar-refractivity contribution in [1.82, 2.24) is 20.4 Å². The number of anilines is 1. The van der Waals surface area contributed by atoms with Gasteiger partial charge in [-0.05, 0) is 0 Å². The number of aromatic nitrogens is 2. The topological polar surface area (TPSA) is 105 Å². The molecule has 0 radical (unpaired) electrons. The molecule has 1 aromatic rings. The standard InChI is InChI=1S/C9H16N6O2S/c1-11-8(16)6-5-17-3-2-15(6)4-7-13-14-9(12-10)18-7/h6H,2-5,10H2,1H3,(H,11,16)(H,12,14). The van der Waals surface area contributed by atoms with Gasteiger partial charge in [0.25, 0.3) is 0 Å². The van der Waals surface area contributed by atoms with Gasteiger partial charge in [-0.1, -0.05) is 11.3 Å². The Labute approximate surface area is 108 Å². The Morgan fingerprint density at radius 3 is 3.17 bits per heavy atom. The molecule has 1 aromatic heterocycles. The van der Waals surface area contributed by atoms with Crippen molar-refractivity contribution in [2.24, 2.45) is 5.84 Å². The lowest BCUT2D eigenvalue weighted by Crippen LogP contribution is -2.52. The molecule has 0 saturated carbocycles. The zero-order chi connectivity index (χ0) is 13.0. The molecule has 2 heterocycles. The normalized spacial score (nSPS) is 20.7. The number of nitrogens with one attached hydrogen (secondary N) is 2. The van der Waals surface area contributed by atoms with Gasteiger partial charge in [-0.2, -0.15) is 0 Å². The van der Waals surface area contributed by atoms with E-state index in [1.54, 1.807) is 7.05 Å². The van der Waals surface area contributed by atoms with Crippen LogP contribution < -0.4 is 16.6 Å². The van der Waals surface area contributed by atoms with Crippen LogP contribution >= 0.6 is 11.3 Å². The number of nitrogens with zero attached hydrogens (tertiary/aromatic N) is 3. The first-order valence-electron chi connectivity index (χ1n) is 5.57. The molecule has 0 aliphatic carbocycles. The first kappa shape index (κ1) is 13.1. The van der Waals surface area contributed by atoms with Crippen molar-refractivity contribution < 1.29 is 9.53 Å². The van der Waals surface area contributed by atoms with Crippen LogP contribution in [-0.4, -0.2) is 53.9 Å². The molecule has 1 fully saturated rings. The third kappa shape index (κ3) is 2.93. The number of carbonyl (C=O) groups excluding carboxylic acids is 1. The Kier molecular flexibility index (Phi) is 4.42. The molecule has 1 unspecified atom stereocenters. The van der Waals surface area contributed by atoms with Gasteiger partial charge >= 0.3 is 0 Å². The first-order valence-corrected chi connectivity index (χ1v) is 6.38. The van der Waals surface area contributed by atoms with Gasteiger partial charge in [0.15, 0.2) is 0 Å². The maximum absolute atomic E-state index is 11.7. The molecule has 9 heteroatoms. The molecule has 4 N–H and O–H groups in total. The number of ether oxygens (including phenoxy) is 1. The van der Waals surface area contributed by atoms with Gasteiger partial charge < -0.3 is 10.1 Å². The van der Waals surface area contributed by atoms with E-state index < -0.39 is 0 Å². The number of nitrogen functional groups attached to an aromatic ring is 1. The molecular formula is C9H16N6O2S. The third-order valence-corrected chi connectivity index (χ3v) is 3.56. The van der Waals surface area contributed by atoms with Crippen LogP contribution in [0, 0.1) is 0 Å². The average molecular weight is 272 g/mol. The number of morpholine rings is 1. The summed E-state index contributed by atoms with van der Waals surface area (Å²) in [6.45, 7) is 2.29. The van der Waals surface area contributed by atoms with Crippen LogP contribution in [0.1, 0.15) is 5.01 Å². The second-order valence-corrected chi connectivity index (χ2v) is 4.88. The Bertz CT molecular complexity index is 412. The summed E-state index contributed by atoms with van der Waals surface area (Å²) in [6.07, 6.45) is 0. The summed E-state index contributed by atoms with van der Waals surface area (Å²) in [7, 11) is 1.62. The SMILES string of the molecule is CNC(=O)C1COCCN1Cc1nnc(NN)s1. The van der Waals surface area contributed by atoms with Gasteiger partial charge in [0.1, 0.15) is 11.0 Å². The van der Waals surface area contributed by atoms with Crippen LogP contribution in [0.15, 0.2) is 0 Å². The van der Waals surface area contributed by atoms with Crippen molar-refractivity contribution >= 4 is 22.4 Å². The lowest BCUT2D eigenvalue weighted by Gasteiger charge is -2.33. The van der Waals surface area contributed by atoms with Crippen LogP contribution in [0.25, 0.3) is 0 Å². The van der Waals surface area contributed by atoms with Crippen molar-refractivity contribution in [2.45, 2.75) is 12.6 Å². The van der Waals surface area contributed by atoms with Crippen LogP contribution in [0.4, 0.5) is 5.13 Å². The highest BCUT2D eigenvalue weighted by Crippen LogP contribution is 2.18. The molecule has 1 atom stereocenters. The number of likely N-dealkylation sites (N-methyl/N-ethyl adjacent to an activating group) is 1. The predicted molar refractivity (Wildman–Crippen MR) is 66.8 cm³/mol. The fraction of sp³-hybridized carbons (Fsp3) is 0.667. The van der Waals surface area contributed by atoms with E-state index in [0.717, 1.165) is 5.01 Å². The molecule has 1 amide bonds. The molecule has 2 rings (SSSR count). The number of hydrazine groups is 1. The van der Waals surface area contributed by atoms with Gasteiger partial charge in [0.05, 0.1) is 19.8 Å². The molecular weight excluding hydrogens is 256 g/mol. The minimum absolute atomic E-state index is 0.0450. The number of rotatable bonds is 4. The van der Waals surface area contributed by atoms with E-state index in [1.807, 2.05) is 4.90 Å². The summed E-state index contributed by atoms with van der Waals surface area (Å²) < 4.78 is 5.33. The molecule has 100 valence electrons. The van der Waals surface area contributed by atoms with Gasteiger partial charge in [-0.25, -0.2) is 5.84 Å². The summed E-state index contributed by atoms with van der Waals surface area (Å²) in [5.74, 6) is 5.21. The number of hydrogen-bond acceptors (Lipinski definition) is 8. The van der Waals surface area contributed by atoms with Crippen molar-refractivity contribution in [3.8, 4) is 0 Å². The molecule has 1 aliphatic rings. The summed E-state index contributed by atoms with van der Waals surface area (Å²) in [4.78, 5) is 13.8. The number of carbonyl (C=O) groups is 1. The highest BCUT2D eigenvalue weighted by atomic mass is 32.1. The van der Waals surface area contributed by atoms with E-state index in [1.165, 1.54) is 11.3 Å². The van der Waals surface area contributed by atoms with E-state index in [0.29, 0.717) is 31.4 Å². The van der Waals surface area contributed by atoms with Gasteiger partial charge in [0.2, 0.25) is 11.0 Å². The Morgan fingerprint density at radius 1 is 1.67 bits per heavy atom. The van der Waals surface area contributed by atoms with Crippen LogP contribution in [0.3, 0.4) is 0 Å². The summed E-state index contributed by atoms with van der Waals surface area (Å²) >= 11 is 1.38. The second-order valence-electron chi connectivity index (χ2n) is 3.82. The molecule has 8 nitrogen and oxygen atoms in total. The third-order valence-electron chi connectivity index (χ3n) is 2.72. The zero-order valence-corrected chi connectivity index (χ0v) is 10.9. The fourth-order valence-corrected chi connectivity index (χ4v) is 2.46. The summed E-state index contributed by atoms with van der Waals surface area (Å²) in [5.41, 5.74) is 2.45.